The van der Waals surface area contributed by atoms with Gasteiger partial charge in [-0.3, -0.25) is 4.79 Å². The molecule has 1 aliphatic rings. The van der Waals surface area contributed by atoms with Crippen molar-refractivity contribution in [1.29, 1.82) is 0 Å². The molecular formula is C15H21NO4. The van der Waals surface area contributed by atoms with Crippen LogP contribution in [0.1, 0.15) is 24.8 Å². The van der Waals surface area contributed by atoms with E-state index in [9.17, 15) is 9.90 Å². The number of ether oxygens (including phenoxy) is 2. The molecule has 5 heteroatoms. The maximum atomic E-state index is 11.7. The van der Waals surface area contributed by atoms with Crippen molar-refractivity contribution in [2.24, 2.45) is 0 Å². The van der Waals surface area contributed by atoms with Crippen molar-refractivity contribution in [3.63, 3.8) is 0 Å². The molecule has 1 saturated carbocycles. The first-order valence-corrected chi connectivity index (χ1v) is 6.79. The van der Waals surface area contributed by atoms with Gasteiger partial charge in [0.1, 0.15) is 0 Å². The number of hydrogen-bond acceptors (Lipinski definition) is 4. The summed E-state index contributed by atoms with van der Waals surface area (Å²) in [7, 11) is 1.56. The molecule has 5 nitrogen and oxygen atoms in total. The Labute approximate surface area is 118 Å². The summed E-state index contributed by atoms with van der Waals surface area (Å²) in [5, 5.41) is 12.6. The van der Waals surface area contributed by atoms with Crippen LogP contribution in [0.5, 0.6) is 11.5 Å². The van der Waals surface area contributed by atoms with E-state index in [1.165, 1.54) is 0 Å². The number of benzene rings is 1. The van der Waals surface area contributed by atoms with E-state index in [2.05, 4.69) is 5.32 Å². The first kappa shape index (κ1) is 14.7. The van der Waals surface area contributed by atoms with E-state index in [4.69, 9.17) is 9.47 Å². The quantitative estimate of drug-likeness (QED) is 0.826. The van der Waals surface area contributed by atoms with Crippen molar-refractivity contribution in [1.82, 2.24) is 5.32 Å². The number of methoxy groups -OCH3 is 1. The highest BCUT2D eigenvalue weighted by molar-refractivity contribution is 5.77. The first-order valence-electron chi connectivity index (χ1n) is 6.79. The highest BCUT2D eigenvalue weighted by atomic mass is 16.5. The van der Waals surface area contributed by atoms with E-state index in [0.29, 0.717) is 18.0 Å². The molecule has 0 atom stereocenters. The summed E-state index contributed by atoms with van der Waals surface area (Å²) in [4.78, 5) is 11.7. The summed E-state index contributed by atoms with van der Waals surface area (Å²) < 4.78 is 10.6. The highest BCUT2D eigenvalue weighted by Crippen LogP contribution is 2.30. The van der Waals surface area contributed by atoms with Crippen molar-refractivity contribution in [3.8, 4) is 11.5 Å². The minimum absolute atomic E-state index is 0.0878. The Hall–Kier alpha value is -1.75. The van der Waals surface area contributed by atoms with Crippen LogP contribution >= 0.6 is 0 Å². The van der Waals surface area contributed by atoms with Crippen molar-refractivity contribution in [3.05, 3.63) is 23.8 Å². The SMILES string of the molecule is COc1cc(C)ccc1OCC(=O)NCC1(O)CCC1. The summed E-state index contributed by atoms with van der Waals surface area (Å²) in [6.07, 6.45) is 2.52. The van der Waals surface area contributed by atoms with Gasteiger partial charge in [0.05, 0.1) is 12.7 Å². The Bertz CT molecular complexity index is 483. The van der Waals surface area contributed by atoms with Crippen molar-refractivity contribution in [2.45, 2.75) is 31.8 Å². The van der Waals surface area contributed by atoms with E-state index >= 15 is 0 Å². The van der Waals surface area contributed by atoms with E-state index in [1.807, 2.05) is 19.1 Å². The Morgan fingerprint density at radius 3 is 2.75 bits per heavy atom. The topological polar surface area (TPSA) is 67.8 Å². The molecule has 0 spiro atoms. The third kappa shape index (κ3) is 3.63. The molecular weight excluding hydrogens is 258 g/mol. The molecule has 1 aromatic carbocycles. The number of rotatable bonds is 6. The van der Waals surface area contributed by atoms with Crippen molar-refractivity contribution < 1.29 is 19.4 Å². The normalized spacial score (nSPS) is 16.1. The summed E-state index contributed by atoms with van der Waals surface area (Å²) in [5.41, 5.74) is 0.350. The van der Waals surface area contributed by atoms with Gasteiger partial charge in [0, 0.05) is 6.54 Å². The number of nitrogens with one attached hydrogen (secondary N) is 1. The second kappa shape index (κ2) is 6.13. The molecule has 0 heterocycles. The zero-order valence-corrected chi connectivity index (χ0v) is 11.9. The van der Waals surface area contributed by atoms with Crippen LogP contribution in [0, 0.1) is 6.92 Å². The van der Waals surface area contributed by atoms with Crippen LogP contribution in [0.25, 0.3) is 0 Å². The van der Waals surface area contributed by atoms with E-state index in [1.54, 1.807) is 13.2 Å². The van der Waals surface area contributed by atoms with E-state index < -0.39 is 5.60 Å². The molecule has 0 aromatic heterocycles. The van der Waals surface area contributed by atoms with Gasteiger partial charge in [-0.05, 0) is 43.9 Å². The number of amides is 1. The molecule has 2 N–H and O–H groups in total. The number of aryl methyl sites for hydroxylation is 1. The second-order valence-corrected chi connectivity index (χ2v) is 5.30. The Balaban J connectivity index is 1.81. The van der Waals surface area contributed by atoms with Gasteiger partial charge in [0.25, 0.3) is 5.91 Å². The van der Waals surface area contributed by atoms with Gasteiger partial charge in [0.15, 0.2) is 18.1 Å². The zero-order valence-electron chi connectivity index (χ0n) is 11.9. The van der Waals surface area contributed by atoms with Gasteiger partial charge in [-0.25, -0.2) is 0 Å². The van der Waals surface area contributed by atoms with Gasteiger partial charge in [-0.15, -0.1) is 0 Å². The smallest absolute Gasteiger partial charge is 0.258 e. The molecule has 1 aromatic rings. The minimum Gasteiger partial charge on any atom is -0.493 e. The molecule has 1 aliphatic carbocycles. The summed E-state index contributed by atoms with van der Waals surface area (Å²) in [5.74, 6) is 0.902. The fourth-order valence-electron chi connectivity index (χ4n) is 2.11. The third-order valence-corrected chi connectivity index (χ3v) is 3.58. The van der Waals surface area contributed by atoms with Crippen LogP contribution in [0.4, 0.5) is 0 Å². The first-order chi connectivity index (χ1) is 9.52. The standard InChI is InChI=1S/C15H21NO4/c1-11-4-5-12(13(8-11)19-2)20-9-14(17)16-10-15(18)6-3-7-15/h4-5,8,18H,3,6-7,9-10H2,1-2H3,(H,16,17). The lowest BCUT2D eigenvalue weighted by Crippen LogP contribution is -2.48. The lowest BCUT2D eigenvalue weighted by molar-refractivity contribution is -0.125. The van der Waals surface area contributed by atoms with Crippen molar-refractivity contribution >= 4 is 5.91 Å². The molecule has 1 amide bonds. The Kier molecular flexibility index (Phi) is 4.49. The fourth-order valence-corrected chi connectivity index (χ4v) is 2.11. The third-order valence-electron chi connectivity index (χ3n) is 3.58. The Morgan fingerprint density at radius 1 is 1.40 bits per heavy atom. The predicted octanol–water partition coefficient (Wildman–Crippen LogP) is 1.41. The van der Waals surface area contributed by atoms with Gasteiger partial charge in [-0.1, -0.05) is 6.07 Å². The maximum Gasteiger partial charge on any atom is 0.258 e. The maximum absolute atomic E-state index is 11.7. The minimum atomic E-state index is -0.711. The van der Waals surface area contributed by atoms with Crippen LogP contribution in [-0.4, -0.2) is 36.9 Å². The van der Waals surface area contributed by atoms with Crippen LogP contribution in [-0.2, 0) is 4.79 Å². The monoisotopic (exact) mass is 279 g/mol. The number of carbonyl (C=O) groups excluding carboxylic acids is 1. The summed E-state index contributed by atoms with van der Waals surface area (Å²) >= 11 is 0. The molecule has 0 aliphatic heterocycles. The molecule has 0 saturated heterocycles. The summed E-state index contributed by atoms with van der Waals surface area (Å²) in [6, 6.07) is 5.53. The largest absolute Gasteiger partial charge is 0.493 e. The van der Waals surface area contributed by atoms with Gasteiger partial charge >= 0.3 is 0 Å². The molecule has 2 rings (SSSR count). The van der Waals surface area contributed by atoms with Gasteiger partial charge in [-0.2, -0.15) is 0 Å². The van der Waals surface area contributed by atoms with Gasteiger partial charge < -0.3 is 19.9 Å². The number of carbonyl (C=O) groups is 1. The lowest BCUT2D eigenvalue weighted by atomic mass is 9.80. The average Bonchev–Trinajstić information content (AvgIpc) is 2.41. The molecule has 20 heavy (non-hydrogen) atoms. The van der Waals surface area contributed by atoms with Crippen molar-refractivity contribution in [2.75, 3.05) is 20.3 Å². The zero-order chi connectivity index (χ0) is 14.6. The van der Waals surface area contributed by atoms with Gasteiger partial charge in [0.2, 0.25) is 0 Å². The fraction of sp³-hybridized carbons (Fsp3) is 0.533. The van der Waals surface area contributed by atoms with E-state index in [0.717, 1.165) is 24.8 Å². The van der Waals surface area contributed by atoms with Crippen LogP contribution in [0.3, 0.4) is 0 Å². The summed E-state index contributed by atoms with van der Waals surface area (Å²) in [6.45, 7) is 2.16. The molecule has 110 valence electrons. The predicted molar refractivity (Wildman–Crippen MR) is 75.0 cm³/mol. The second-order valence-electron chi connectivity index (χ2n) is 5.30. The van der Waals surface area contributed by atoms with Crippen LogP contribution in [0.15, 0.2) is 18.2 Å². The van der Waals surface area contributed by atoms with Crippen LogP contribution < -0.4 is 14.8 Å². The average molecular weight is 279 g/mol. The number of aliphatic hydroxyl groups is 1. The highest BCUT2D eigenvalue weighted by Gasteiger charge is 2.34. The van der Waals surface area contributed by atoms with E-state index in [-0.39, 0.29) is 12.5 Å². The Morgan fingerprint density at radius 2 is 2.15 bits per heavy atom. The molecule has 0 radical (unpaired) electrons. The lowest BCUT2D eigenvalue weighted by Gasteiger charge is -2.36. The number of hydrogen-bond donors (Lipinski definition) is 2. The van der Waals surface area contributed by atoms with Crippen LogP contribution in [0.2, 0.25) is 0 Å². The molecule has 0 bridgehead atoms. The molecule has 0 unspecified atom stereocenters. The molecule has 1 fully saturated rings.